The van der Waals surface area contributed by atoms with Crippen LogP contribution in [-0.2, 0) is 13.1 Å². The molecule has 0 radical (unpaired) electrons. The van der Waals surface area contributed by atoms with Crippen molar-refractivity contribution in [2.45, 2.75) is 13.1 Å². The topological polar surface area (TPSA) is 29.5 Å². The van der Waals surface area contributed by atoms with Crippen LogP contribution < -0.4 is 4.74 Å². The molecule has 1 aliphatic rings. The first-order valence-electron chi connectivity index (χ1n) is 6.28. The number of hydrogen-bond acceptors (Lipinski definition) is 2. The fraction of sp³-hybridized carbons (Fsp3) is 0.188. The van der Waals surface area contributed by atoms with Crippen molar-refractivity contribution in [3.05, 3.63) is 65.2 Å². The van der Waals surface area contributed by atoms with Gasteiger partial charge in [-0.25, -0.2) is 0 Å². The van der Waals surface area contributed by atoms with E-state index in [-0.39, 0.29) is 5.91 Å². The molecule has 3 rings (SSSR count). The second-order valence-electron chi connectivity index (χ2n) is 4.67. The molecule has 0 bridgehead atoms. The zero-order valence-corrected chi connectivity index (χ0v) is 10.8. The van der Waals surface area contributed by atoms with E-state index in [2.05, 4.69) is 0 Å². The van der Waals surface area contributed by atoms with E-state index < -0.39 is 0 Å². The summed E-state index contributed by atoms with van der Waals surface area (Å²) in [5.41, 5.74) is 2.98. The molecule has 3 nitrogen and oxygen atoms in total. The summed E-state index contributed by atoms with van der Waals surface area (Å²) in [5, 5.41) is 0. The summed E-state index contributed by atoms with van der Waals surface area (Å²) < 4.78 is 5.20. The Morgan fingerprint density at radius 2 is 1.95 bits per heavy atom. The standard InChI is InChI=1S/C16H15NO2/c1-19-14-7-8-15-13(9-14)11-17(16(15)18)10-12-5-3-2-4-6-12/h2-9H,10-11H2,1H3. The van der Waals surface area contributed by atoms with Crippen LogP contribution in [0, 0.1) is 0 Å². The Morgan fingerprint density at radius 1 is 1.16 bits per heavy atom. The second-order valence-corrected chi connectivity index (χ2v) is 4.67. The summed E-state index contributed by atoms with van der Waals surface area (Å²) in [5.74, 6) is 0.898. The van der Waals surface area contributed by atoms with Crippen LogP contribution >= 0.6 is 0 Å². The van der Waals surface area contributed by atoms with Gasteiger partial charge >= 0.3 is 0 Å². The number of carbonyl (C=O) groups excluding carboxylic acids is 1. The zero-order chi connectivity index (χ0) is 13.2. The lowest BCUT2D eigenvalue weighted by atomic mass is 10.1. The smallest absolute Gasteiger partial charge is 0.254 e. The third-order valence-electron chi connectivity index (χ3n) is 3.41. The molecular formula is C16H15NO2. The molecule has 2 aromatic carbocycles. The van der Waals surface area contributed by atoms with Crippen molar-refractivity contribution >= 4 is 5.91 Å². The third kappa shape index (κ3) is 2.19. The van der Waals surface area contributed by atoms with Gasteiger partial charge in [0.25, 0.3) is 5.91 Å². The first-order chi connectivity index (χ1) is 9.28. The van der Waals surface area contributed by atoms with Crippen molar-refractivity contribution < 1.29 is 9.53 Å². The van der Waals surface area contributed by atoms with Gasteiger partial charge < -0.3 is 9.64 Å². The lowest BCUT2D eigenvalue weighted by molar-refractivity contribution is 0.0766. The molecule has 1 amide bonds. The Hall–Kier alpha value is -2.29. The van der Waals surface area contributed by atoms with Gasteiger partial charge in [0.2, 0.25) is 0 Å². The normalized spacial score (nSPS) is 13.5. The molecule has 2 aromatic rings. The molecule has 0 N–H and O–H groups in total. The average molecular weight is 253 g/mol. The highest BCUT2D eigenvalue weighted by atomic mass is 16.5. The number of benzene rings is 2. The molecule has 0 spiro atoms. The van der Waals surface area contributed by atoms with Gasteiger partial charge in [0.1, 0.15) is 5.75 Å². The Labute approximate surface area is 112 Å². The minimum absolute atomic E-state index is 0.0986. The number of ether oxygens (including phenoxy) is 1. The van der Waals surface area contributed by atoms with Crippen LogP contribution in [0.2, 0.25) is 0 Å². The summed E-state index contributed by atoms with van der Waals surface area (Å²) in [7, 11) is 1.64. The predicted octanol–water partition coefficient (Wildman–Crippen LogP) is 2.85. The molecule has 0 saturated heterocycles. The molecule has 3 heteroatoms. The summed E-state index contributed by atoms with van der Waals surface area (Å²) in [6, 6.07) is 15.7. The number of amides is 1. The van der Waals surface area contributed by atoms with E-state index in [1.54, 1.807) is 7.11 Å². The van der Waals surface area contributed by atoms with Crippen molar-refractivity contribution in [3.8, 4) is 5.75 Å². The highest BCUT2D eigenvalue weighted by Gasteiger charge is 2.27. The number of nitrogens with zero attached hydrogens (tertiary/aromatic N) is 1. The van der Waals surface area contributed by atoms with Gasteiger partial charge in [-0.3, -0.25) is 4.79 Å². The lowest BCUT2D eigenvalue weighted by Crippen LogP contribution is -2.23. The highest BCUT2D eigenvalue weighted by molar-refractivity contribution is 5.98. The summed E-state index contributed by atoms with van der Waals surface area (Å²) in [4.78, 5) is 14.1. The van der Waals surface area contributed by atoms with Gasteiger partial charge in [0, 0.05) is 18.7 Å². The average Bonchev–Trinajstić information content (AvgIpc) is 2.76. The molecule has 0 saturated carbocycles. The fourth-order valence-electron chi connectivity index (χ4n) is 2.42. The quantitative estimate of drug-likeness (QED) is 0.841. The van der Waals surface area contributed by atoms with E-state index in [1.165, 1.54) is 0 Å². The van der Waals surface area contributed by atoms with Gasteiger partial charge in [0.15, 0.2) is 0 Å². The number of fused-ring (bicyclic) bond motifs is 1. The summed E-state index contributed by atoms with van der Waals surface area (Å²) >= 11 is 0. The molecule has 1 aliphatic heterocycles. The molecule has 1 heterocycles. The molecule has 0 aromatic heterocycles. The monoisotopic (exact) mass is 253 g/mol. The summed E-state index contributed by atoms with van der Waals surface area (Å²) in [6.07, 6.45) is 0. The highest BCUT2D eigenvalue weighted by Crippen LogP contribution is 2.27. The van der Waals surface area contributed by atoms with Gasteiger partial charge in [-0.2, -0.15) is 0 Å². The van der Waals surface area contributed by atoms with E-state index in [9.17, 15) is 4.79 Å². The molecule has 96 valence electrons. The van der Waals surface area contributed by atoms with Gasteiger partial charge in [0.05, 0.1) is 7.11 Å². The van der Waals surface area contributed by atoms with Gasteiger partial charge in [-0.1, -0.05) is 30.3 Å². The minimum atomic E-state index is 0.0986. The molecule has 0 fully saturated rings. The van der Waals surface area contributed by atoms with Gasteiger partial charge in [-0.05, 0) is 29.3 Å². The van der Waals surface area contributed by atoms with Crippen molar-refractivity contribution in [1.29, 1.82) is 0 Å². The predicted molar refractivity (Wildman–Crippen MR) is 73.0 cm³/mol. The number of hydrogen-bond donors (Lipinski definition) is 0. The van der Waals surface area contributed by atoms with Crippen molar-refractivity contribution in [2.75, 3.05) is 7.11 Å². The molecule has 19 heavy (non-hydrogen) atoms. The Balaban J connectivity index is 1.83. The number of carbonyl (C=O) groups is 1. The largest absolute Gasteiger partial charge is 0.497 e. The van der Waals surface area contributed by atoms with E-state index in [0.717, 1.165) is 22.4 Å². The van der Waals surface area contributed by atoms with E-state index in [1.807, 2.05) is 53.4 Å². The Morgan fingerprint density at radius 3 is 2.68 bits per heavy atom. The van der Waals surface area contributed by atoms with Crippen LogP contribution in [0.5, 0.6) is 5.75 Å². The Bertz CT molecular complexity index is 607. The third-order valence-corrected chi connectivity index (χ3v) is 3.41. The molecule has 0 aliphatic carbocycles. The first-order valence-corrected chi connectivity index (χ1v) is 6.28. The van der Waals surface area contributed by atoms with Gasteiger partial charge in [-0.15, -0.1) is 0 Å². The molecular weight excluding hydrogens is 238 g/mol. The maximum Gasteiger partial charge on any atom is 0.254 e. The Kier molecular flexibility index (Phi) is 2.95. The van der Waals surface area contributed by atoms with E-state index in [0.29, 0.717) is 13.1 Å². The molecule has 0 atom stereocenters. The maximum atomic E-state index is 12.3. The SMILES string of the molecule is COc1ccc2c(c1)CN(Cc1ccccc1)C2=O. The van der Waals surface area contributed by atoms with Crippen LogP contribution in [0.15, 0.2) is 48.5 Å². The minimum Gasteiger partial charge on any atom is -0.497 e. The molecule has 0 unspecified atom stereocenters. The van der Waals surface area contributed by atoms with Crippen LogP contribution in [0.3, 0.4) is 0 Å². The van der Waals surface area contributed by atoms with E-state index in [4.69, 9.17) is 4.74 Å². The lowest BCUT2D eigenvalue weighted by Gasteiger charge is -2.15. The van der Waals surface area contributed by atoms with Crippen LogP contribution in [-0.4, -0.2) is 17.9 Å². The zero-order valence-electron chi connectivity index (χ0n) is 10.8. The summed E-state index contributed by atoms with van der Waals surface area (Å²) in [6.45, 7) is 1.30. The maximum absolute atomic E-state index is 12.3. The first kappa shape index (κ1) is 11.8. The van der Waals surface area contributed by atoms with Crippen molar-refractivity contribution in [1.82, 2.24) is 4.90 Å². The van der Waals surface area contributed by atoms with Crippen LogP contribution in [0.4, 0.5) is 0 Å². The number of rotatable bonds is 3. The van der Waals surface area contributed by atoms with Crippen molar-refractivity contribution in [2.24, 2.45) is 0 Å². The van der Waals surface area contributed by atoms with Crippen LogP contribution in [0.1, 0.15) is 21.5 Å². The van der Waals surface area contributed by atoms with E-state index >= 15 is 0 Å². The number of methoxy groups -OCH3 is 1. The van der Waals surface area contributed by atoms with Crippen molar-refractivity contribution in [3.63, 3.8) is 0 Å². The van der Waals surface area contributed by atoms with Crippen LogP contribution in [0.25, 0.3) is 0 Å². The second kappa shape index (κ2) is 4.76. The fourth-order valence-corrected chi connectivity index (χ4v) is 2.42.